The second-order valence-corrected chi connectivity index (χ2v) is 6.03. The zero-order chi connectivity index (χ0) is 13.8. The number of rotatable bonds is 6. The molecule has 0 spiro atoms. The molecule has 0 radical (unpaired) electrons. The molecule has 0 unspecified atom stereocenters. The Morgan fingerprint density at radius 3 is 2.56 bits per heavy atom. The topological polar surface area (TPSA) is 80.7 Å². The summed E-state index contributed by atoms with van der Waals surface area (Å²) in [5.41, 5.74) is 0.602. The molecule has 18 heavy (non-hydrogen) atoms. The van der Waals surface area contributed by atoms with Gasteiger partial charge in [0, 0.05) is 6.42 Å². The van der Waals surface area contributed by atoms with Crippen molar-refractivity contribution < 1.29 is 23.1 Å². The first-order chi connectivity index (χ1) is 8.36. The minimum absolute atomic E-state index is 0.114. The molecule has 0 fully saturated rings. The third-order valence-corrected chi connectivity index (χ3v) is 4.48. The van der Waals surface area contributed by atoms with Crippen molar-refractivity contribution >= 4 is 15.8 Å². The molecule has 0 aliphatic rings. The van der Waals surface area contributed by atoms with E-state index in [0.29, 0.717) is 11.3 Å². The smallest absolute Gasteiger partial charge is 0.303 e. The van der Waals surface area contributed by atoms with E-state index in [1.54, 1.807) is 19.1 Å². The first kappa shape index (κ1) is 14.5. The van der Waals surface area contributed by atoms with Gasteiger partial charge in [0.1, 0.15) is 5.75 Å². The van der Waals surface area contributed by atoms with Crippen LogP contribution in [0.5, 0.6) is 5.75 Å². The van der Waals surface area contributed by atoms with Crippen molar-refractivity contribution in [3.63, 3.8) is 0 Å². The summed E-state index contributed by atoms with van der Waals surface area (Å²) in [6.45, 7) is 1.69. The number of carboxylic acid groups (broad SMARTS) is 1. The molecular formula is C12H16O5S. The van der Waals surface area contributed by atoms with Gasteiger partial charge in [-0.25, -0.2) is 8.42 Å². The van der Waals surface area contributed by atoms with E-state index in [-0.39, 0.29) is 23.5 Å². The lowest BCUT2D eigenvalue weighted by Crippen LogP contribution is -2.10. The van der Waals surface area contributed by atoms with Gasteiger partial charge in [0.2, 0.25) is 0 Å². The van der Waals surface area contributed by atoms with E-state index >= 15 is 0 Å². The fourth-order valence-electron chi connectivity index (χ4n) is 1.62. The van der Waals surface area contributed by atoms with Crippen molar-refractivity contribution in [2.24, 2.45) is 0 Å². The van der Waals surface area contributed by atoms with Crippen molar-refractivity contribution in [1.29, 1.82) is 0 Å². The highest BCUT2D eigenvalue weighted by molar-refractivity contribution is 7.91. The van der Waals surface area contributed by atoms with Crippen LogP contribution < -0.4 is 4.74 Å². The number of benzene rings is 1. The molecule has 1 rings (SSSR count). The summed E-state index contributed by atoms with van der Waals surface area (Å²) in [6.07, 6.45) is -0.0302. The lowest BCUT2D eigenvalue weighted by Gasteiger charge is -2.08. The second-order valence-electron chi connectivity index (χ2n) is 3.95. The lowest BCUT2D eigenvalue weighted by molar-refractivity contribution is -0.137. The molecule has 0 saturated heterocycles. The maximum atomic E-state index is 12.0. The maximum Gasteiger partial charge on any atom is 0.303 e. The van der Waals surface area contributed by atoms with Crippen LogP contribution in [0.2, 0.25) is 0 Å². The standard InChI is InChI=1S/C12H16O5S/c1-9-8-10(17-2)5-6-11(9)18(15,16)7-3-4-12(13)14/h5-6,8H,3-4,7H2,1-2H3,(H,13,14). The fraction of sp³-hybridized carbons (Fsp3) is 0.417. The van der Waals surface area contributed by atoms with E-state index in [2.05, 4.69) is 0 Å². The highest BCUT2D eigenvalue weighted by Crippen LogP contribution is 2.22. The molecule has 0 saturated carbocycles. The van der Waals surface area contributed by atoms with Crippen LogP contribution in [0.3, 0.4) is 0 Å². The minimum Gasteiger partial charge on any atom is -0.497 e. The average Bonchev–Trinajstić information content (AvgIpc) is 2.27. The Bertz CT molecular complexity index is 533. The van der Waals surface area contributed by atoms with Crippen molar-refractivity contribution in [2.45, 2.75) is 24.7 Å². The van der Waals surface area contributed by atoms with Crippen LogP contribution in [0.15, 0.2) is 23.1 Å². The average molecular weight is 272 g/mol. The number of carbonyl (C=O) groups is 1. The molecule has 0 atom stereocenters. The molecule has 100 valence electrons. The molecule has 0 aromatic heterocycles. The van der Waals surface area contributed by atoms with Crippen LogP contribution in [0.4, 0.5) is 0 Å². The summed E-state index contributed by atoms with van der Waals surface area (Å²) in [4.78, 5) is 10.6. The number of hydrogen-bond donors (Lipinski definition) is 1. The number of ether oxygens (including phenoxy) is 1. The molecule has 5 nitrogen and oxygen atoms in total. The first-order valence-corrected chi connectivity index (χ1v) is 7.11. The summed E-state index contributed by atoms with van der Waals surface area (Å²) in [6, 6.07) is 4.71. The predicted octanol–water partition coefficient (Wildman–Crippen LogP) is 1.64. The largest absolute Gasteiger partial charge is 0.497 e. The van der Waals surface area contributed by atoms with Gasteiger partial charge in [-0.05, 0) is 37.1 Å². The summed E-state index contributed by atoms with van der Waals surface area (Å²) in [7, 11) is -1.92. The van der Waals surface area contributed by atoms with Gasteiger partial charge in [-0.3, -0.25) is 4.79 Å². The molecule has 1 N–H and O–H groups in total. The highest BCUT2D eigenvalue weighted by atomic mass is 32.2. The molecule has 0 amide bonds. The highest BCUT2D eigenvalue weighted by Gasteiger charge is 2.17. The van der Waals surface area contributed by atoms with Crippen LogP contribution in [0, 0.1) is 6.92 Å². The minimum atomic E-state index is -3.43. The predicted molar refractivity (Wildman–Crippen MR) is 66.7 cm³/mol. The van der Waals surface area contributed by atoms with Gasteiger partial charge in [-0.1, -0.05) is 0 Å². The van der Waals surface area contributed by atoms with Gasteiger partial charge in [0.25, 0.3) is 0 Å². The molecule has 1 aromatic rings. The van der Waals surface area contributed by atoms with Crippen molar-refractivity contribution in [1.82, 2.24) is 0 Å². The number of aliphatic carboxylic acids is 1. The van der Waals surface area contributed by atoms with E-state index in [4.69, 9.17) is 9.84 Å². The van der Waals surface area contributed by atoms with Gasteiger partial charge < -0.3 is 9.84 Å². The van der Waals surface area contributed by atoms with Crippen LogP contribution >= 0.6 is 0 Å². The number of methoxy groups -OCH3 is 1. The van der Waals surface area contributed by atoms with Crippen molar-refractivity contribution in [3.8, 4) is 5.75 Å². The van der Waals surface area contributed by atoms with E-state index < -0.39 is 15.8 Å². The van der Waals surface area contributed by atoms with Crippen molar-refractivity contribution in [2.75, 3.05) is 12.9 Å². The van der Waals surface area contributed by atoms with E-state index in [1.165, 1.54) is 13.2 Å². The van der Waals surface area contributed by atoms with Crippen LogP contribution in [0.1, 0.15) is 18.4 Å². The Morgan fingerprint density at radius 1 is 1.39 bits per heavy atom. The van der Waals surface area contributed by atoms with E-state index in [1.807, 2.05) is 0 Å². The van der Waals surface area contributed by atoms with E-state index in [9.17, 15) is 13.2 Å². The maximum absolute atomic E-state index is 12.0. The van der Waals surface area contributed by atoms with Crippen LogP contribution in [0.25, 0.3) is 0 Å². The summed E-state index contributed by atoms with van der Waals surface area (Å²) in [5, 5.41) is 8.49. The first-order valence-electron chi connectivity index (χ1n) is 5.46. The lowest BCUT2D eigenvalue weighted by atomic mass is 10.2. The zero-order valence-electron chi connectivity index (χ0n) is 10.3. The van der Waals surface area contributed by atoms with Gasteiger partial charge in [-0.2, -0.15) is 0 Å². The quantitative estimate of drug-likeness (QED) is 0.851. The third-order valence-electron chi connectivity index (χ3n) is 2.52. The second kappa shape index (κ2) is 5.86. The summed E-state index contributed by atoms with van der Waals surface area (Å²) in [5.74, 6) is -0.555. The Kier molecular flexibility index (Phi) is 4.72. The Balaban J connectivity index is 2.88. The number of hydrogen-bond acceptors (Lipinski definition) is 4. The van der Waals surface area contributed by atoms with Crippen LogP contribution in [-0.4, -0.2) is 32.4 Å². The molecule has 0 bridgehead atoms. The normalized spacial score (nSPS) is 11.2. The Morgan fingerprint density at radius 2 is 2.06 bits per heavy atom. The number of sulfone groups is 1. The van der Waals surface area contributed by atoms with Gasteiger partial charge >= 0.3 is 5.97 Å². The third kappa shape index (κ3) is 3.73. The number of carboxylic acids is 1. The monoisotopic (exact) mass is 272 g/mol. The summed E-state index contributed by atoms with van der Waals surface area (Å²) < 4.78 is 29.0. The molecule has 0 aliphatic carbocycles. The van der Waals surface area contributed by atoms with Gasteiger partial charge in [-0.15, -0.1) is 0 Å². The van der Waals surface area contributed by atoms with Gasteiger partial charge in [0.05, 0.1) is 17.8 Å². The molecule has 0 aliphatic heterocycles. The molecule has 0 heterocycles. The number of aryl methyl sites for hydroxylation is 1. The molecule has 6 heteroatoms. The van der Waals surface area contributed by atoms with Gasteiger partial charge in [0.15, 0.2) is 9.84 Å². The fourth-order valence-corrected chi connectivity index (χ4v) is 3.19. The SMILES string of the molecule is COc1ccc(S(=O)(=O)CCCC(=O)O)c(C)c1. The Hall–Kier alpha value is -1.56. The Labute approximate surface area is 106 Å². The zero-order valence-corrected chi connectivity index (χ0v) is 11.2. The van der Waals surface area contributed by atoms with E-state index in [0.717, 1.165) is 0 Å². The molecule has 1 aromatic carbocycles. The van der Waals surface area contributed by atoms with Crippen LogP contribution in [-0.2, 0) is 14.6 Å². The summed E-state index contributed by atoms with van der Waals surface area (Å²) >= 11 is 0. The molecular weight excluding hydrogens is 256 g/mol. The van der Waals surface area contributed by atoms with Crippen molar-refractivity contribution in [3.05, 3.63) is 23.8 Å².